The minimum Gasteiger partial charge on any atom is -0.361 e. The lowest BCUT2D eigenvalue weighted by molar-refractivity contribution is 0.257. The van der Waals surface area contributed by atoms with Crippen LogP contribution in [0.2, 0.25) is 0 Å². The van der Waals surface area contributed by atoms with Crippen molar-refractivity contribution in [2.24, 2.45) is 0 Å². The molecular formula is C19H17N3O. The zero-order valence-corrected chi connectivity index (χ0v) is 12.7. The van der Waals surface area contributed by atoms with Gasteiger partial charge in [-0.3, -0.25) is 4.90 Å². The maximum Gasteiger partial charge on any atom is 0.326 e. The van der Waals surface area contributed by atoms with Gasteiger partial charge in [0.05, 0.1) is 5.69 Å². The molecule has 3 aromatic rings. The number of carbonyl (C=O) groups is 1. The summed E-state index contributed by atoms with van der Waals surface area (Å²) in [5.74, 6) is 0. The highest BCUT2D eigenvalue weighted by Crippen LogP contribution is 2.56. The quantitative estimate of drug-likeness (QED) is 0.693. The van der Waals surface area contributed by atoms with Crippen LogP contribution in [0.3, 0.4) is 0 Å². The number of nitrogens with one attached hydrogen (secondary N) is 2. The molecule has 4 nitrogen and oxygen atoms in total. The van der Waals surface area contributed by atoms with Crippen LogP contribution < -0.4 is 10.2 Å². The highest BCUT2D eigenvalue weighted by Gasteiger charge is 2.52. The molecule has 4 heteroatoms. The predicted octanol–water partition coefficient (Wildman–Crippen LogP) is 4.25. The molecule has 1 aliphatic heterocycles. The lowest BCUT2D eigenvalue weighted by Gasteiger charge is -2.19. The number of rotatable bonds is 1. The second-order valence-corrected chi connectivity index (χ2v) is 6.56. The number of hydrogen-bond acceptors (Lipinski definition) is 1. The fraction of sp³-hybridized carbons (Fsp3) is 0.211. The Kier molecular flexibility index (Phi) is 2.43. The Balaban J connectivity index is 1.49. The van der Waals surface area contributed by atoms with E-state index in [9.17, 15) is 4.79 Å². The summed E-state index contributed by atoms with van der Waals surface area (Å²) in [6, 6.07) is 16.2. The van der Waals surface area contributed by atoms with Crippen LogP contribution in [-0.2, 0) is 5.41 Å². The molecule has 114 valence electrons. The highest BCUT2D eigenvalue weighted by atomic mass is 16.2. The number of anilines is 2. The third-order valence-electron chi connectivity index (χ3n) is 5.16. The molecule has 1 aromatic heterocycles. The van der Waals surface area contributed by atoms with Gasteiger partial charge in [-0.15, -0.1) is 0 Å². The van der Waals surface area contributed by atoms with Crippen LogP contribution in [0, 0.1) is 0 Å². The summed E-state index contributed by atoms with van der Waals surface area (Å²) in [5.41, 5.74) is 4.48. The number of aromatic amines is 1. The molecule has 2 heterocycles. The van der Waals surface area contributed by atoms with Crippen molar-refractivity contribution in [2.75, 3.05) is 16.8 Å². The monoisotopic (exact) mass is 303 g/mol. The van der Waals surface area contributed by atoms with Crippen molar-refractivity contribution in [1.29, 1.82) is 0 Å². The number of benzene rings is 2. The average molecular weight is 303 g/mol. The standard InChI is InChI=1S/C19H17N3O/c23-18(21-16-6-3-5-15-13(16)8-11-20-15)22-12-19(9-10-19)14-4-1-2-7-17(14)22/h1-8,11,20H,9-10,12H2,(H,21,23). The van der Waals surface area contributed by atoms with Gasteiger partial charge in [0, 0.05) is 34.7 Å². The van der Waals surface area contributed by atoms with Crippen LogP contribution >= 0.6 is 0 Å². The van der Waals surface area contributed by atoms with Crippen molar-refractivity contribution >= 4 is 28.3 Å². The second-order valence-electron chi connectivity index (χ2n) is 6.56. The van der Waals surface area contributed by atoms with Gasteiger partial charge in [0.2, 0.25) is 0 Å². The third kappa shape index (κ3) is 1.81. The van der Waals surface area contributed by atoms with Gasteiger partial charge in [-0.2, -0.15) is 0 Å². The predicted molar refractivity (Wildman–Crippen MR) is 92.0 cm³/mol. The average Bonchev–Trinajstić information content (AvgIpc) is 3.04. The van der Waals surface area contributed by atoms with Crippen molar-refractivity contribution < 1.29 is 4.79 Å². The second kappa shape index (κ2) is 4.38. The Bertz CT molecular complexity index is 923. The molecule has 0 saturated heterocycles. The number of nitrogens with zero attached hydrogens (tertiary/aromatic N) is 1. The van der Waals surface area contributed by atoms with Gasteiger partial charge in [-0.05, 0) is 42.7 Å². The smallest absolute Gasteiger partial charge is 0.326 e. The third-order valence-corrected chi connectivity index (χ3v) is 5.16. The van der Waals surface area contributed by atoms with E-state index in [0.29, 0.717) is 0 Å². The first-order chi connectivity index (χ1) is 11.3. The van der Waals surface area contributed by atoms with Gasteiger partial charge in [0.15, 0.2) is 0 Å². The van der Waals surface area contributed by atoms with Gasteiger partial charge < -0.3 is 10.3 Å². The van der Waals surface area contributed by atoms with Crippen LogP contribution in [0.25, 0.3) is 10.9 Å². The molecule has 0 atom stereocenters. The van der Waals surface area contributed by atoms with Gasteiger partial charge in [0.1, 0.15) is 0 Å². The molecule has 1 fully saturated rings. The summed E-state index contributed by atoms with van der Waals surface area (Å²) in [6.07, 6.45) is 4.26. The van der Waals surface area contributed by atoms with E-state index in [1.807, 2.05) is 41.4 Å². The van der Waals surface area contributed by atoms with E-state index in [1.165, 1.54) is 18.4 Å². The molecule has 1 aliphatic carbocycles. The van der Waals surface area contributed by atoms with Crippen LogP contribution in [0.15, 0.2) is 54.7 Å². The van der Waals surface area contributed by atoms with E-state index in [1.54, 1.807) is 0 Å². The fourth-order valence-corrected chi connectivity index (χ4v) is 3.77. The minimum absolute atomic E-state index is 0.0464. The van der Waals surface area contributed by atoms with E-state index in [2.05, 4.69) is 28.5 Å². The molecule has 2 amide bonds. The van der Waals surface area contributed by atoms with Crippen molar-refractivity contribution in [1.82, 2.24) is 4.98 Å². The number of amides is 2. The first-order valence-corrected chi connectivity index (χ1v) is 8.01. The summed E-state index contributed by atoms with van der Waals surface area (Å²) in [5, 5.41) is 4.12. The summed E-state index contributed by atoms with van der Waals surface area (Å²) in [7, 11) is 0. The van der Waals surface area contributed by atoms with Crippen LogP contribution in [0.5, 0.6) is 0 Å². The number of aromatic nitrogens is 1. The van der Waals surface area contributed by atoms with Crippen molar-refractivity contribution in [2.45, 2.75) is 18.3 Å². The highest BCUT2D eigenvalue weighted by molar-refractivity contribution is 6.08. The molecule has 1 saturated carbocycles. The molecule has 0 radical (unpaired) electrons. The number of H-pyrrole nitrogens is 1. The molecule has 0 bridgehead atoms. The maximum atomic E-state index is 12.9. The Hall–Kier alpha value is -2.75. The summed E-state index contributed by atoms with van der Waals surface area (Å²) >= 11 is 0. The Morgan fingerprint density at radius 2 is 1.96 bits per heavy atom. The van der Waals surface area contributed by atoms with Gasteiger partial charge in [-0.1, -0.05) is 24.3 Å². The summed E-state index contributed by atoms with van der Waals surface area (Å²) < 4.78 is 0. The first-order valence-electron chi connectivity index (χ1n) is 8.01. The van der Waals surface area contributed by atoms with Crippen molar-refractivity contribution in [3.63, 3.8) is 0 Å². The van der Waals surface area contributed by atoms with E-state index >= 15 is 0 Å². The number of urea groups is 1. The largest absolute Gasteiger partial charge is 0.361 e. The lowest BCUT2D eigenvalue weighted by Crippen LogP contribution is -2.35. The van der Waals surface area contributed by atoms with Gasteiger partial charge in [0.25, 0.3) is 0 Å². The Labute approximate surface area is 134 Å². The molecule has 1 spiro atoms. The van der Waals surface area contributed by atoms with E-state index in [-0.39, 0.29) is 11.4 Å². The minimum atomic E-state index is -0.0464. The van der Waals surface area contributed by atoms with E-state index in [4.69, 9.17) is 0 Å². The molecule has 5 rings (SSSR count). The van der Waals surface area contributed by atoms with E-state index < -0.39 is 0 Å². The molecule has 2 N–H and O–H groups in total. The number of hydrogen-bond donors (Lipinski definition) is 2. The maximum absolute atomic E-state index is 12.9. The Morgan fingerprint density at radius 1 is 1.09 bits per heavy atom. The first kappa shape index (κ1) is 12.8. The number of para-hydroxylation sites is 1. The van der Waals surface area contributed by atoms with E-state index in [0.717, 1.165) is 28.8 Å². The van der Waals surface area contributed by atoms with Crippen LogP contribution in [-0.4, -0.2) is 17.6 Å². The van der Waals surface area contributed by atoms with Gasteiger partial charge in [-0.25, -0.2) is 4.79 Å². The summed E-state index contributed by atoms with van der Waals surface area (Å²) in [4.78, 5) is 17.9. The van der Waals surface area contributed by atoms with Crippen molar-refractivity contribution in [3.8, 4) is 0 Å². The molecule has 2 aliphatic rings. The molecule has 23 heavy (non-hydrogen) atoms. The fourth-order valence-electron chi connectivity index (χ4n) is 3.77. The molecule has 2 aromatic carbocycles. The molecular weight excluding hydrogens is 286 g/mol. The lowest BCUT2D eigenvalue weighted by atomic mass is 9.99. The van der Waals surface area contributed by atoms with Gasteiger partial charge >= 0.3 is 6.03 Å². The Morgan fingerprint density at radius 3 is 2.83 bits per heavy atom. The zero-order valence-electron chi connectivity index (χ0n) is 12.7. The SMILES string of the molecule is O=C(Nc1cccc2[nH]ccc12)N1CC2(CC2)c2ccccc21. The van der Waals surface area contributed by atoms with Crippen molar-refractivity contribution in [3.05, 3.63) is 60.3 Å². The zero-order chi connectivity index (χ0) is 15.4. The number of fused-ring (bicyclic) bond motifs is 3. The molecule has 0 unspecified atom stereocenters. The topological polar surface area (TPSA) is 48.1 Å². The normalized spacial score (nSPS) is 17.5. The number of carbonyl (C=O) groups excluding carboxylic acids is 1. The van der Waals surface area contributed by atoms with Crippen LogP contribution in [0.1, 0.15) is 18.4 Å². The summed E-state index contributed by atoms with van der Waals surface area (Å²) in [6.45, 7) is 0.793. The van der Waals surface area contributed by atoms with Crippen LogP contribution in [0.4, 0.5) is 16.2 Å².